The van der Waals surface area contributed by atoms with Gasteiger partial charge in [0.25, 0.3) is 0 Å². The summed E-state index contributed by atoms with van der Waals surface area (Å²) in [5.74, 6) is 2.34. The van der Waals surface area contributed by atoms with Crippen LogP contribution in [0.2, 0.25) is 0 Å². The summed E-state index contributed by atoms with van der Waals surface area (Å²) in [6, 6.07) is 3.71. The van der Waals surface area contributed by atoms with Crippen LogP contribution in [-0.4, -0.2) is 16.1 Å². The van der Waals surface area contributed by atoms with Crippen LogP contribution in [0.4, 0.5) is 0 Å². The van der Waals surface area contributed by atoms with Gasteiger partial charge >= 0.3 is 0 Å². The predicted molar refractivity (Wildman–Crippen MR) is 76.7 cm³/mol. The molecule has 1 aliphatic rings. The van der Waals surface area contributed by atoms with Gasteiger partial charge in [-0.25, -0.2) is 4.98 Å². The minimum Gasteiger partial charge on any atom is -0.489 e. The van der Waals surface area contributed by atoms with E-state index in [0.717, 1.165) is 30.4 Å². The van der Waals surface area contributed by atoms with E-state index in [1.807, 2.05) is 12.1 Å². The molecule has 1 heterocycles. The van der Waals surface area contributed by atoms with Crippen LogP contribution in [-0.2, 0) is 0 Å². The van der Waals surface area contributed by atoms with Gasteiger partial charge < -0.3 is 10.5 Å². The third-order valence-electron chi connectivity index (χ3n) is 3.84. The third-order valence-corrected chi connectivity index (χ3v) is 4.05. The van der Waals surface area contributed by atoms with Gasteiger partial charge in [0.1, 0.15) is 10.7 Å². The minimum atomic E-state index is 0.314. The van der Waals surface area contributed by atoms with Gasteiger partial charge in [0, 0.05) is 0 Å². The maximum atomic E-state index is 5.96. The van der Waals surface area contributed by atoms with Gasteiger partial charge in [0.2, 0.25) is 0 Å². The number of ether oxygens (including phenoxy) is 1. The molecule has 18 heavy (non-hydrogen) atoms. The van der Waals surface area contributed by atoms with Crippen molar-refractivity contribution in [3.05, 3.63) is 24.0 Å². The lowest BCUT2D eigenvalue weighted by Gasteiger charge is -2.32. The van der Waals surface area contributed by atoms with Crippen LogP contribution >= 0.6 is 12.2 Å². The molecule has 1 fully saturated rings. The monoisotopic (exact) mass is 264 g/mol. The Hall–Kier alpha value is -1.16. The fraction of sp³-hybridized carbons (Fsp3) is 0.571. The van der Waals surface area contributed by atoms with Crippen molar-refractivity contribution in [3.8, 4) is 5.75 Å². The highest BCUT2D eigenvalue weighted by Gasteiger charge is 2.25. The molecule has 4 heteroatoms. The molecular weight excluding hydrogens is 244 g/mol. The lowest BCUT2D eigenvalue weighted by molar-refractivity contribution is 0.100. The molecule has 1 aliphatic carbocycles. The van der Waals surface area contributed by atoms with Gasteiger partial charge in [0.15, 0.2) is 0 Å². The highest BCUT2D eigenvalue weighted by atomic mass is 32.1. The minimum absolute atomic E-state index is 0.314. The summed E-state index contributed by atoms with van der Waals surface area (Å²) in [6.45, 7) is 4.62. The fourth-order valence-electron chi connectivity index (χ4n) is 2.39. The first-order valence-electron chi connectivity index (χ1n) is 6.48. The second-order valence-electron chi connectivity index (χ2n) is 5.25. The molecule has 0 aliphatic heterocycles. The zero-order chi connectivity index (χ0) is 13.1. The number of hydrogen-bond donors (Lipinski definition) is 1. The van der Waals surface area contributed by atoms with E-state index in [1.165, 1.54) is 6.42 Å². The maximum absolute atomic E-state index is 5.96. The molecule has 0 amide bonds. The number of hydrogen-bond acceptors (Lipinski definition) is 3. The highest BCUT2D eigenvalue weighted by molar-refractivity contribution is 7.80. The molecule has 98 valence electrons. The van der Waals surface area contributed by atoms with Gasteiger partial charge in [-0.05, 0) is 43.2 Å². The van der Waals surface area contributed by atoms with E-state index in [2.05, 4.69) is 18.8 Å². The van der Waals surface area contributed by atoms with Crippen LogP contribution in [0.1, 0.15) is 38.8 Å². The van der Waals surface area contributed by atoms with Crippen molar-refractivity contribution >= 4 is 17.2 Å². The standard InChI is InChI=1S/C14H20N2OS/c1-9-3-4-11(7-10(9)2)17-12-5-6-13(14(15)18)16-8-12/h5-6,8-11H,3-4,7H2,1-2H3,(H2,15,18). The van der Waals surface area contributed by atoms with Crippen molar-refractivity contribution < 1.29 is 4.74 Å². The van der Waals surface area contributed by atoms with Gasteiger partial charge in [-0.2, -0.15) is 0 Å². The van der Waals surface area contributed by atoms with E-state index in [1.54, 1.807) is 6.20 Å². The Morgan fingerprint density at radius 2 is 2.11 bits per heavy atom. The summed E-state index contributed by atoms with van der Waals surface area (Å²) in [5, 5.41) is 0. The molecule has 0 bridgehead atoms. The molecule has 0 radical (unpaired) electrons. The van der Waals surface area contributed by atoms with Crippen LogP contribution < -0.4 is 10.5 Å². The number of thiocarbonyl (C=S) groups is 1. The van der Waals surface area contributed by atoms with Crippen molar-refractivity contribution in [2.24, 2.45) is 17.6 Å². The molecule has 3 atom stereocenters. The smallest absolute Gasteiger partial charge is 0.138 e. The third kappa shape index (κ3) is 3.19. The largest absolute Gasteiger partial charge is 0.489 e. The Bertz CT molecular complexity index is 418. The average molecular weight is 264 g/mol. The summed E-state index contributed by atoms with van der Waals surface area (Å²) in [7, 11) is 0. The average Bonchev–Trinajstić information content (AvgIpc) is 2.34. The quantitative estimate of drug-likeness (QED) is 0.853. The van der Waals surface area contributed by atoms with E-state index in [4.69, 9.17) is 22.7 Å². The molecule has 0 saturated heterocycles. The van der Waals surface area contributed by atoms with Gasteiger partial charge in [-0.15, -0.1) is 0 Å². The van der Waals surface area contributed by atoms with E-state index < -0.39 is 0 Å². The molecule has 2 N–H and O–H groups in total. The molecule has 0 aromatic carbocycles. The summed E-state index contributed by atoms with van der Waals surface area (Å²) in [4.78, 5) is 4.51. The molecule has 3 nitrogen and oxygen atoms in total. The first-order valence-corrected chi connectivity index (χ1v) is 6.89. The zero-order valence-electron chi connectivity index (χ0n) is 10.9. The molecule has 3 unspecified atom stereocenters. The Morgan fingerprint density at radius 3 is 2.67 bits per heavy atom. The number of aromatic nitrogens is 1. The van der Waals surface area contributed by atoms with Gasteiger partial charge in [-0.3, -0.25) is 0 Å². The van der Waals surface area contributed by atoms with Crippen molar-refractivity contribution in [2.45, 2.75) is 39.2 Å². The van der Waals surface area contributed by atoms with Crippen molar-refractivity contribution in [2.75, 3.05) is 0 Å². The van der Waals surface area contributed by atoms with Crippen LogP contribution in [0.25, 0.3) is 0 Å². The number of rotatable bonds is 3. The van der Waals surface area contributed by atoms with E-state index in [0.29, 0.717) is 16.8 Å². The maximum Gasteiger partial charge on any atom is 0.138 e. The Balaban J connectivity index is 1.95. The van der Waals surface area contributed by atoms with Crippen LogP contribution in [0.15, 0.2) is 18.3 Å². The second-order valence-corrected chi connectivity index (χ2v) is 5.69. The Morgan fingerprint density at radius 1 is 1.33 bits per heavy atom. The summed E-state index contributed by atoms with van der Waals surface area (Å²) >= 11 is 4.87. The first-order chi connectivity index (χ1) is 8.56. The Kier molecular flexibility index (Phi) is 4.17. The topological polar surface area (TPSA) is 48.1 Å². The predicted octanol–water partition coefficient (Wildman–Crippen LogP) is 2.92. The highest BCUT2D eigenvalue weighted by Crippen LogP contribution is 2.31. The molecule has 1 aromatic heterocycles. The summed E-state index contributed by atoms with van der Waals surface area (Å²) < 4.78 is 5.96. The van der Waals surface area contributed by atoms with Crippen molar-refractivity contribution in [1.82, 2.24) is 4.98 Å². The SMILES string of the molecule is CC1CCC(Oc2ccc(C(N)=S)nc2)CC1C. The Labute approximate surface area is 114 Å². The molecule has 1 saturated carbocycles. The number of pyridine rings is 1. The summed E-state index contributed by atoms with van der Waals surface area (Å²) in [5.41, 5.74) is 6.15. The van der Waals surface area contributed by atoms with Crippen molar-refractivity contribution in [1.29, 1.82) is 0 Å². The van der Waals surface area contributed by atoms with E-state index in [9.17, 15) is 0 Å². The lowest BCUT2D eigenvalue weighted by atomic mass is 9.80. The lowest BCUT2D eigenvalue weighted by Crippen LogP contribution is -2.28. The zero-order valence-corrected chi connectivity index (χ0v) is 11.7. The number of nitrogens with zero attached hydrogens (tertiary/aromatic N) is 1. The van der Waals surface area contributed by atoms with E-state index >= 15 is 0 Å². The van der Waals surface area contributed by atoms with Crippen molar-refractivity contribution in [3.63, 3.8) is 0 Å². The van der Waals surface area contributed by atoms with Crippen LogP contribution in [0, 0.1) is 11.8 Å². The fourth-order valence-corrected chi connectivity index (χ4v) is 2.51. The first kappa shape index (κ1) is 13.3. The van der Waals surface area contributed by atoms with Crippen LogP contribution in [0.5, 0.6) is 5.75 Å². The molecule has 1 aromatic rings. The molecular formula is C14H20N2OS. The summed E-state index contributed by atoms with van der Waals surface area (Å²) in [6.07, 6.45) is 5.51. The van der Waals surface area contributed by atoms with Gasteiger partial charge in [0.05, 0.1) is 18.0 Å². The van der Waals surface area contributed by atoms with E-state index in [-0.39, 0.29) is 0 Å². The van der Waals surface area contributed by atoms with Crippen LogP contribution in [0.3, 0.4) is 0 Å². The van der Waals surface area contributed by atoms with Gasteiger partial charge in [-0.1, -0.05) is 26.1 Å². The molecule has 2 rings (SSSR count). The normalized spacial score (nSPS) is 27.8. The molecule has 0 spiro atoms. The second kappa shape index (κ2) is 5.65. The number of nitrogens with two attached hydrogens (primary N) is 1.